The maximum atomic E-state index is 6.27. The van der Waals surface area contributed by atoms with Crippen molar-refractivity contribution in [1.29, 1.82) is 0 Å². The lowest BCUT2D eigenvalue weighted by atomic mass is 10.0. The van der Waals surface area contributed by atoms with Gasteiger partial charge in [0.25, 0.3) is 0 Å². The Morgan fingerprint density at radius 1 is 1.13 bits per heavy atom. The van der Waals surface area contributed by atoms with Crippen molar-refractivity contribution in [3.8, 4) is 0 Å². The summed E-state index contributed by atoms with van der Waals surface area (Å²) in [5.74, 6) is 0.510. The van der Waals surface area contributed by atoms with Crippen molar-refractivity contribution in [3.63, 3.8) is 0 Å². The van der Waals surface area contributed by atoms with E-state index in [4.69, 9.17) is 5.73 Å². The molecule has 1 aromatic heterocycles. The molecule has 0 amide bonds. The third-order valence-electron chi connectivity index (χ3n) is 4.46. The molecule has 0 bridgehead atoms. The number of hydrogen-bond acceptors (Lipinski definition) is 3. The van der Waals surface area contributed by atoms with Gasteiger partial charge in [-0.2, -0.15) is 0 Å². The SMILES string of the molecule is CC1(C)C(C(N)c2cncnc2)C1(C)C. The molecular formula is C12H19N3. The van der Waals surface area contributed by atoms with E-state index in [-0.39, 0.29) is 6.04 Å². The van der Waals surface area contributed by atoms with Gasteiger partial charge in [-0.15, -0.1) is 0 Å². The molecule has 2 N–H and O–H groups in total. The van der Waals surface area contributed by atoms with Crippen LogP contribution in [0.15, 0.2) is 18.7 Å². The van der Waals surface area contributed by atoms with Crippen LogP contribution in [-0.2, 0) is 0 Å². The van der Waals surface area contributed by atoms with Crippen LogP contribution >= 0.6 is 0 Å². The lowest BCUT2D eigenvalue weighted by molar-refractivity contribution is 0.457. The molecule has 3 heteroatoms. The highest BCUT2D eigenvalue weighted by molar-refractivity contribution is 5.23. The zero-order chi connectivity index (χ0) is 11.3. The molecule has 0 aromatic carbocycles. The van der Waals surface area contributed by atoms with Gasteiger partial charge < -0.3 is 5.73 Å². The first-order valence-corrected chi connectivity index (χ1v) is 5.39. The van der Waals surface area contributed by atoms with Crippen LogP contribution in [0.2, 0.25) is 0 Å². The Kier molecular flexibility index (Phi) is 2.12. The van der Waals surface area contributed by atoms with Crippen LogP contribution in [-0.4, -0.2) is 9.97 Å². The van der Waals surface area contributed by atoms with E-state index < -0.39 is 0 Å². The van der Waals surface area contributed by atoms with Crippen LogP contribution in [0.3, 0.4) is 0 Å². The molecule has 82 valence electrons. The maximum Gasteiger partial charge on any atom is 0.115 e. The monoisotopic (exact) mass is 205 g/mol. The third kappa shape index (κ3) is 1.37. The summed E-state index contributed by atoms with van der Waals surface area (Å²) in [6.45, 7) is 9.12. The number of rotatable bonds is 2. The second kappa shape index (κ2) is 3.01. The first kappa shape index (κ1) is 10.6. The maximum absolute atomic E-state index is 6.27. The Labute approximate surface area is 91.1 Å². The van der Waals surface area contributed by atoms with E-state index in [1.807, 2.05) is 12.4 Å². The third-order valence-corrected chi connectivity index (χ3v) is 4.46. The first-order chi connectivity index (χ1) is 6.89. The molecule has 0 saturated heterocycles. The summed E-state index contributed by atoms with van der Waals surface area (Å²) in [5, 5.41) is 0. The van der Waals surface area contributed by atoms with E-state index in [1.165, 1.54) is 0 Å². The van der Waals surface area contributed by atoms with Crippen molar-refractivity contribution in [1.82, 2.24) is 9.97 Å². The highest BCUT2D eigenvalue weighted by atomic mass is 14.8. The van der Waals surface area contributed by atoms with E-state index in [1.54, 1.807) is 6.33 Å². The van der Waals surface area contributed by atoms with Crippen molar-refractivity contribution in [2.24, 2.45) is 22.5 Å². The molecule has 0 aliphatic heterocycles. The molecule has 1 heterocycles. The van der Waals surface area contributed by atoms with Gasteiger partial charge in [-0.1, -0.05) is 27.7 Å². The summed E-state index contributed by atoms with van der Waals surface area (Å²) in [7, 11) is 0. The number of hydrogen-bond donors (Lipinski definition) is 1. The Bertz CT molecular complexity index is 342. The summed E-state index contributed by atoms with van der Waals surface area (Å²) in [5.41, 5.74) is 7.93. The molecule has 0 spiro atoms. The molecule has 1 aliphatic carbocycles. The predicted octanol–water partition coefficient (Wildman–Crippen LogP) is 2.16. The highest BCUT2D eigenvalue weighted by Crippen LogP contribution is 2.71. The topological polar surface area (TPSA) is 51.8 Å². The largest absolute Gasteiger partial charge is 0.324 e. The zero-order valence-corrected chi connectivity index (χ0v) is 9.86. The molecule has 1 unspecified atom stereocenters. The lowest BCUT2D eigenvalue weighted by Gasteiger charge is -2.12. The fourth-order valence-corrected chi connectivity index (χ4v) is 2.82. The van der Waals surface area contributed by atoms with E-state index in [2.05, 4.69) is 37.7 Å². The minimum atomic E-state index is 0.0520. The van der Waals surface area contributed by atoms with Crippen molar-refractivity contribution >= 4 is 0 Å². The van der Waals surface area contributed by atoms with Crippen LogP contribution in [0, 0.1) is 16.7 Å². The van der Waals surface area contributed by atoms with E-state index in [0.717, 1.165) is 5.56 Å². The molecule has 0 radical (unpaired) electrons. The average Bonchev–Trinajstić information content (AvgIpc) is 2.58. The van der Waals surface area contributed by atoms with Crippen LogP contribution in [0.5, 0.6) is 0 Å². The summed E-state index contributed by atoms with van der Waals surface area (Å²) in [6.07, 6.45) is 5.18. The van der Waals surface area contributed by atoms with Gasteiger partial charge in [0.15, 0.2) is 0 Å². The fraction of sp³-hybridized carbons (Fsp3) is 0.667. The number of nitrogens with zero attached hydrogens (tertiary/aromatic N) is 2. The van der Waals surface area contributed by atoms with Gasteiger partial charge in [0.05, 0.1) is 0 Å². The van der Waals surface area contributed by atoms with Gasteiger partial charge in [0.1, 0.15) is 6.33 Å². The molecule has 1 saturated carbocycles. The molecule has 1 atom stereocenters. The second-order valence-electron chi connectivity index (χ2n) is 5.62. The van der Waals surface area contributed by atoms with E-state index in [9.17, 15) is 0 Å². The summed E-state index contributed by atoms with van der Waals surface area (Å²) >= 11 is 0. The standard InChI is InChI=1S/C12H19N3/c1-11(2)10(12(11,3)4)9(13)8-5-14-7-15-6-8/h5-7,9-10H,13H2,1-4H3. The average molecular weight is 205 g/mol. The van der Waals surface area contributed by atoms with Crippen LogP contribution in [0.25, 0.3) is 0 Å². The smallest absolute Gasteiger partial charge is 0.115 e. The lowest BCUT2D eigenvalue weighted by Crippen LogP contribution is -2.16. The summed E-state index contributed by atoms with van der Waals surface area (Å²) < 4.78 is 0. The van der Waals surface area contributed by atoms with Crippen LogP contribution in [0.1, 0.15) is 39.3 Å². The fourth-order valence-electron chi connectivity index (χ4n) is 2.82. The molecule has 15 heavy (non-hydrogen) atoms. The Morgan fingerprint density at radius 2 is 1.60 bits per heavy atom. The minimum absolute atomic E-state index is 0.0520. The molecular weight excluding hydrogens is 186 g/mol. The van der Waals surface area contributed by atoms with E-state index in [0.29, 0.717) is 16.7 Å². The van der Waals surface area contributed by atoms with Crippen molar-refractivity contribution < 1.29 is 0 Å². The normalized spacial score (nSPS) is 24.9. The van der Waals surface area contributed by atoms with Crippen LogP contribution < -0.4 is 5.73 Å². The second-order valence-corrected chi connectivity index (χ2v) is 5.62. The summed E-state index contributed by atoms with van der Waals surface area (Å²) in [4.78, 5) is 8.04. The van der Waals surface area contributed by atoms with E-state index >= 15 is 0 Å². The van der Waals surface area contributed by atoms with Gasteiger partial charge in [0.2, 0.25) is 0 Å². The minimum Gasteiger partial charge on any atom is -0.324 e. The summed E-state index contributed by atoms with van der Waals surface area (Å²) in [6, 6.07) is 0.0520. The van der Waals surface area contributed by atoms with Gasteiger partial charge in [0, 0.05) is 24.0 Å². The highest BCUT2D eigenvalue weighted by Gasteiger charge is 2.66. The van der Waals surface area contributed by atoms with Gasteiger partial charge in [-0.3, -0.25) is 0 Å². The predicted molar refractivity (Wildman–Crippen MR) is 60.0 cm³/mol. The van der Waals surface area contributed by atoms with Crippen molar-refractivity contribution in [2.75, 3.05) is 0 Å². The van der Waals surface area contributed by atoms with Gasteiger partial charge in [-0.05, 0) is 16.7 Å². The number of aromatic nitrogens is 2. The van der Waals surface area contributed by atoms with Gasteiger partial charge >= 0.3 is 0 Å². The van der Waals surface area contributed by atoms with Crippen LogP contribution in [0.4, 0.5) is 0 Å². The van der Waals surface area contributed by atoms with Crippen molar-refractivity contribution in [3.05, 3.63) is 24.3 Å². The molecule has 3 nitrogen and oxygen atoms in total. The van der Waals surface area contributed by atoms with Gasteiger partial charge in [-0.25, -0.2) is 9.97 Å². The zero-order valence-electron chi connectivity index (χ0n) is 9.86. The Morgan fingerprint density at radius 3 is 2.00 bits per heavy atom. The Balaban J connectivity index is 2.22. The molecule has 1 aromatic rings. The number of nitrogens with two attached hydrogens (primary N) is 1. The quantitative estimate of drug-likeness (QED) is 0.805. The first-order valence-electron chi connectivity index (χ1n) is 5.39. The molecule has 2 rings (SSSR count). The van der Waals surface area contributed by atoms with Crippen molar-refractivity contribution in [2.45, 2.75) is 33.7 Å². The Hall–Kier alpha value is -0.960. The molecule has 1 aliphatic rings. The molecule has 1 fully saturated rings.